The number of benzene rings is 3. The van der Waals surface area contributed by atoms with Crippen LogP contribution in [0.25, 0.3) is 11.1 Å². The van der Waals surface area contributed by atoms with E-state index in [9.17, 15) is 13.2 Å². The molecule has 4 rings (SSSR count). The monoisotopic (exact) mass is 386 g/mol. The lowest BCUT2D eigenvalue weighted by Crippen LogP contribution is -1.98. The van der Waals surface area contributed by atoms with Crippen LogP contribution in [0.4, 0.5) is 13.2 Å². The zero-order valence-corrected chi connectivity index (χ0v) is 15.0. The number of ether oxygens (including phenoxy) is 3. The first-order valence-electron chi connectivity index (χ1n) is 8.72. The summed E-state index contributed by atoms with van der Waals surface area (Å²) in [7, 11) is 1.39. The molecule has 1 aliphatic heterocycles. The zero-order chi connectivity index (χ0) is 19.7. The Morgan fingerprint density at radius 2 is 1.71 bits per heavy atom. The van der Waals surface area contributed by atoms with Gasteiger partial charge in [0.2, 0.25) is 0 Å². The Labute approximate surface area is 160 Å². The van der Waals surface area contributed by atoms with Crippen molar-refractivity contribution >= 4 is 0 Å². The molecule has 6 heteroatoms. The molecule has 0 aromatic heterocycles. The maximum atomic E-state index is 14.4. The Balaban J connectivity index is 1.47. The third kappa shape index (κ3) is 3.68. The van der Waals surface area contributed by atoms with Crippen LogP contribution in [0.3, 0.4) is 0 Å². The molecule has 28 heavy (non-hydrogen) atoms. The van der Waals surface area contributed by atoms with Crippen LogP contribution in [0.15, 0.2) is 54.6 Å². The van der Waals surface area contributed by atoms with E-state index in [1.807, 2.05) is 0 Å². The van der Waals surface area contributed by atoms with E-state index in [0.29, 0.717) is 17.9 Å². The van der Waals surface area contributed by atoms with Crippen molar-refractivity contribution in [2.75, 3.05) is 13.7 Å². The Hall–Kier alpha value is -2.99. The molecule has 3 nitrogen and oxygen atoms in total. The van der Waals surface area contributed by atoms with Gasteiger partial charge in [-0.25, -0.2) is 13.2 Å². The van der Waals surface area contributed by atoms with E-state index in [0.717, 1.165) is 5.56 Å². The minimum absolute atomic E-state index is 0.144. The lowest BCUT2D eigenvalue weighted by Gasteiger charge is -2.10. The fourth-order valence-electron chi connectivity index (χ4n) is 2.95. The van der Waals surface area contributed by atoms with Crippen molar-refractivity contribution in [1.29, 1.82) is 0 Å². The lowest BCUT2D eigenvalue weighted by atomic mass is 10.0. The van der Waals surface area contributed by atoms with Crippen LogP contribution in [0.1, 0.15) is 17.2 Å². The number of methoxy groups -OCH3 is 1. The van der Waals surface area contributed by atoms with Crippen molar-refractivity contribution in [2.45, 2.75) is 12.7 Å². The molecule has 1 atom stereocenters. The molecule has 0 N–H and O–H groups in total. The molecule has 1 fully saturated rings. The summed E-state index contributed by atoms with van der Waals surface area (Å²) in [5, 5.41) is 0. The molecule has 0 saturated carbocycles. The first-order chi connectivity index (χ1) is 13.6. The number of hydrogen-bond donors (Lipinski definition) is 0. The van der Waals surface area contributed by atoms with Gasteiger partial charge in [-0.15, -0.1) is 0 Å². The topological polar surface area (TPSA) is 31.0 Å². The Kier molecular flexibility index (Phi) is 4.96. The van der Waals surface area contributed by atoms with E-state index in [1.54, 1.807) is 42.5 Å². The first kappa shape index (κ1) is 18.4. The highest BCUT2D eigenvalue weighted by molar-refractivity contribution is 5.65. The number of hydrogen-bond acceptors (Lipinski definition) is 3. The van der Waals surface area contributed by atoms with Gasteiger partial charge < -0.3 is 14.2 Å². The van der Waals surface area contributed by atoms with Crippen molar-refractivity contribution in [2.24, 2.45) is 0 Å². The van der Waals surface area contributed by atoms with Crippen LogP contribution >= 0.6 is 0 Å². The van der Waals surface area contributed by atoms with Crippen LogP contribution in [-0.2, 0) is 11.3 Å². The molecule has 1 heterocycles. The molecule has 0 amide bonds. The molecule has 1 saturated heterocycles. The molecule has 0 radical (unpaired) electrons. The third-order valence-electron chi connectivity index (χ3n) is 4.59. The fourth-order valence-corrected chi connectivity index (χ4v) is 2.95. The van der Waals surface area contributed by atoms with E-state index in [1.165, 1.54) is 19.2 Å². The van der Waals surface area contributed by atoms with E-state index >= 15 is 0 Å². The lowest BCUT2D eigenvalue weighted by molar-refractivity contribution is 0.302. The van der Waals surface area contributed by atoms with Crippen LogP contribution in [0, 0.1) is 17.5 Å². The maximum Gasteiger partial charge on any atom is 0.168 e. The second kappa shape index (κ2) is 7.56. The number of rotatable bonds is 6. The maximum absolute atomic E-state index is 14.4. The molecular formula is C22H17F3O3. The SMILES string of the molecule is COc1ccc(OCc2ccc(-c3ccc(C4CO4)c(F)c3F)cc2)cc1F. The van der Waals surface area contributed by atoms with Crippen molar-refractivity contribution in [3.05, 3.63) is 83.2 Å². The predicted octanol–water partition coefficient (Wildman–Crippen LogP) is 5.43. The number of halogens is 3. The van der Waals surface area contributed by atoms with Crippen LogP contribution in [0.5, 0.6) is 11.5 Å². The van der Waals surface area contributed by atoms with E-state index in [-0.39, 0.29) is 29.6 Å². The molecule has 3 aromatic carbocycles. The smallest absolute Gasteiger partial charge is 0.168 e. The average molecular weight is 386 g/mol. The Morgan fingerprint density at radius 1 is 0.964 bits per heavy atom. The standard InChI is InChI=1S/C22H17F3O3/c1-26-19-9-6-15(10-18(19)23)27-11-13-2-4-14(5-3-13)16-7-8-17(20-12-28-20)22(25)21(16)24/h2-10,20H,11-12H2,1H3. The van der Waals surface area contributed by atoms with Gasteiger partial charge in [0.25, 0.3) is 0 Å². The summed E-state index contributed by atoms with van der Waals surface area (Å²) >= 11 is 0. The van der Waals surface area contributed by atoms with Gasteiger partial charge in [-0.05, 0) is 23.3 Å². The quantitative estimate of drug-likeness (QED) is 0.530. The van der Waals surface area contributed by atoms with Gasteiger partial charge >= 0.3 is 0 Å². The molecule has 1 aliphatic rings. The summed E-state index contributed by atoms with van der Waals surface area (Å²) < 4.78 is 57.7. The van der Waals surface area contributed by atoms with E-state index < -0.39 is 17.5 Å². The summed E-state index contributed by atoms with van der Waals surface area (Å²) in [5.74, 6) is -1.74. The van der Waals surface area contributed by atoms with E-state index in [2.05, 4.69) is 0 Å². The minimum Gasteiger partial charge on any atom is -0.494 e. The normalized spacial score (nSPS) is 15.4. The summed E-state index contributed by atoms with van der Waals surface area (Å²) in [4.78, 5) is 0. The van der Waals surface area contributed by atoms with E-state index in [4.69, 9.17) is 14.2 Å². The predicted molar refractivity (Wildman–Crippen MR) is 97.8 cm³/mol. The molecule has 0 aliphatic carbocycles. The molecule has 0 bridgehead atoms. The van der Waals surface area contributed by atoms with Gasteiger partial charge in [0.05, 0.1) is 13.7 Å². The second-order valence-corrected chi connectivity index (χ2v) is 6.43. The Morgan fingerprint density at radius 3 is 2.36 bits per heavy atom. The van der Waals surface area contributed by atoms with Gasteiger partial charge in [-0.1, -0.05) is 36.4 Å². The zero-order valence-electron chi connectivity index (χ0n) is 15.0. The largest absolute Gasteiger partial charge is 0.494 e. The summed E-state index contributed by atoms with van der Waals surface area (Å²) in [6.07, 6.45) is -0.342. The second-order valence-electron chi connectivity index (χ2n) is 6.43. The van der Waals surface area contributed by atoms with Crippen LogP contribution < -0.4 is 9.47 Å². The molecule has 3 aromatic rings. The summed E-state index contributed by atoms with van der Waals surface area (Å²) in [6.45, 7) is 0.628. The van der Waals surface area contributed by atoms with Crippen LogP contribution in [0.2, 0.25) is 0 Å². The molecule has 144 valence electrons. The van der Waals surface area contributed by atoms with Gasteiger partial charge in [0.1, 0.15) is 18.5 Å². The van der Waals surface area contributed by atoms with Gasteiger partial charge in [-0.3, -0.25) is 0 Å². The molecule has 0 spiro atoms. The summed E-state index contributed by atoms with van der Waals surface area (Å²) in [5.41, 5.74) is 1.80. The van der Waals surface area contributed by atoms with Crippen molar-refractivity contribution in [3.63, 3.8) is 0 Å². The highest BCUT2D eigenvalue weighted by atomic mass is 19.2. The highest BCUT2D eigenvalue weighted by Crippen LogP contribution is 2.35. The molecular weight excluding hydrogens is 369 g/mol. The van der Waals surface area contributed by atoms with Crippen molar-refractivity contribution in [3.8, 4) is 22.6 Å². The third-order valence-corrected chi connectivity index (χ3v) is 4.59. The van der Waals surface area contributed by atoms with Gasteiger partial charge in [-0.2, -0.15) is 0 Å². The Bertz CT molecular complexity index is 999. The molecule has 1 unspecified atom stereocenters. The van der Waals surface area contributed by atoms with Crippen molar-refractivity contribution < 1.29 is 27.4 Å². The van der Waals surface area contributed by atoms with Crippen LogP contribution in [-0.4, -0.2) is 13.7 Å². The number of epoxide rings is 1. The van der Waals surface area contributed by atoms with Gasteiger partial charge in [0.15, 0.2) is 23.2 Å². The summed E-state index contributed by atoms with van der Waals surface area (Å²) in [6, 6.07) is 14.4. The minimum atomic E-state index is -0.884. The van der Waals surface area contributed by atoms with Crippen molar-refractivity contribution in [1.82, 2.24) is 0 Å². The fraction of sp³-hybridized carbons (Fsp3) is 0.182. The average Bonchev–Trinajstić information content (AvgIpc) is 3.54. The highest BCUT2D eigenvalue weighted by Gasteiger charge is 2.30. The van der Waals surface area contributed by atoms with Gasteiger partial charge in [0, 0.05) is 17.2 Å². The first-order valence-corrected chi connectivity index (χ1v) is 8.72.